The van der Waals surface area contributed by atoms with Crippen molar-refractivity contribution in [2.45, 2.75) is 18.1 Å². The normalized spacial score (nSPS) is 16.3. The Kier molecular flexibility index (Phi) is 6.83. The van der Waals surface area contributed by atoms with E-state index in [1.807, 2.05) is 4.72 Å². The molecular formula is C21H20ClN7O4S2. The molecule has 1 aromatic carbocycles. The summed E-state index contributed by atoms with van der Waals surface area (Å²) in [6.45, 7) is 1.66. The average molecular weight is 534 g/mol. The molecule has 0 aliphatic carbocycles. The summed E-state index contributed by atoms with van der Waals surface area (Å²) in [4.78, 5) is 38.0. The Morgan fingerprint density at radius 2 is 2.09 bits per heavy atom. The van der Waals surface area contributed by atoms with Crippen LogP contribution in [0.4, 0.5) is 10.5 Å². The van der Waals surface area contributed by atoms with E-state index in [0.717, 1.165) is 11.8 Å². The number of hydrogen-bond acceptors (Lipinski definition) is 8. The molecule has 2 amide bonds. The zero-order valence-corrected chi connectivity index (χ0v) is 20.9. The van der Waals surface area contributed by atoms with Crippen LogP contribution in [-0.2, 0) is 10.0 Å². The van der Waals surface area contributed by atoms with Crippen LogP contribution < -0.4 is 21.3 Å². The van der Waals surface area contributed by atoms with Gasteiger partial charge in [-0.2, -0.15) is 0 Å². The number of aromatic nitrogens is 3. The lowest BCUT2D eigenvalue weighted by molar-refractivity contribution is 0.256. The molecule has 1 aliphatic rings. The summed E-state index contributed by atoms with van der Waals surface area (Å²) in [5, 5.41) is 2.78. The number of amidine groups is 1. The molecule has 1 unspecified atom stereocenters. The molecule has 4 N–H and O–H groups in total. The Morgan fingerprint density at radius 3 is 2.71 bits per heavy atom. The highest BCUT2D eigenvalue weighted by molar-refractivity contribution is 8.19. The highest BCUT2D eigenvalue weighted by Crippen LogP contribution is 2.37. The fraction of sp³-hybridized carbons (Fsp3) is 0.190. The number of aliphatic imine (C=N–C) groups is 1. The van der Waals surface area contributed by atoms with Gasteiger partial charge in [-0.05, 0) is 37.6 Å². The molecule has 1 aliphatic heterocycles. The maximum absolute atomic E-state index is 13.1. The predicted molar refractivity (Wildman–Crippen MR) is 138 cm³/mol. The zero-order valence-electron chi connectivity index (χ0n) is 18.5. The van der Waals surface area contributed by atoms with Crippen molar-refractivity contribution in [1.82, 2.24) is 19.3 Å². The number of hydrogen-bond donors (Lipinski definition) is 3. The minimum atomic E-state index is -4.02. The fourth-order valence-corrected chi connectivity index (χ4v) is 6.22. The second kappa shape index (κ2) is 9.68. The number of nitrogens with one attached hydrogen (secondary N) is 2. The van der Waals surface area contributed by atoms with Gasteiger partial charge in [-0.3, -0.25) is 9.79 Å². The quantitative estimate of drug-likeness (QED) is 0.256. The third-order valence-electron chi connectivity index (χ3n) is 5.01. The summed E-state index contributed by atoms with van der Waals surface area (Å²) < 4.78 is 27.4. The van der Waals surface area contributed by atoms with Crippen LogP contribution in [0.1, 0.15) is 17.8 Å². The fourth-order valence-electron chi connectivity index (χ4n) is 3.36. The van der Waals surface area contributed by atoms with Crippen molar-refractivity contribution in [1.29, 1.82) is 0 Å². The van der Waals surface area contributed by atoms with E-state index in [9.17, 15) is 18.0 Å². The van der Waals surface area contributed by atoms with Crippen LogP contribution in [0.25, 0.3) is 16.7 Å². The number of halogens is 1. The molecule has 14 heteroatoms. The van der Waals surface area contributed by atoms with Crippen LogP contribution in [0.15, 0.2) is 56.6 Å². The summed E-state index contributed by atoms with van der Waals surface area (Å²) >= 11 is 6.86. The lowest BCUT2D eigenvalue weighted by atomic mass is 10.1. The molecular weight excluding hydrogens is 514 g/mol. The van der Waals surface area contributed by atoms with Gasteiger partial charge in [0.25, 0.3) is 15.6 Å². The monoisotopic (exact) mass is 533 g/mol. The lowest BCUT2D eigenvalue weighted by Crippen LogP contribution is -2.34. The van der Waals surface area contributed by atoms with E-state index in [1.54, 1.807) is 32.2 Å². The number of nitrogens with two attached hydrogens (primary N) is 1. The number of fused-ring (bicyclic) bond motifs is 1. The number of sulfonamides is 1. The van der Waals surface area contributed by atoms with Crippen LogP contribution >= 0.6 is 23.4 Å². The molecule has 2 aromatic heterocycles. The number of benzene rings is 1. The summed E-state index contributed by atoms with van der Waals surface area (Å²) in [5.74, 6) is 1.00. The maximum Gasteiger partial charge on any atom is 0.333 e. The standard InChI is InChI=1S/C21H20ClN7O4S2/c1-11-26-15-9-12(19(23)24-2)3-5-14(15)20(30)29(11)17-7-4-13(10-25-17)27-21(31)28-35(32,33)18-8-6-16(22)34-18/h3-5,7-10,16H,6H2,1-2H3,(H2,23,24)(H2,27,28,31). The largest absolute Gasteiger partial charge is 0.384 e. The number of thioether (sulfide) groups is 1. The van der Waals surface area contributed by atoms with Gasteiger partial charge in [-0.1, -0.05) is 23.9 Å². The molecule has 11 nitrogen and oxygen atoms in total. The van der Waals surface area contributed by atoms with Crippen molar-refractivity contribution in [3.63, 3.8) is 0 Å². The first-order valence-electron chi connectivity index (χ1n) is 10.2. The van der Waals surface area contributed by atoms with Crippen LogP contribution in [0, 0.1) is 6.92 Å². The summed E-state index contributed by atoms with van der Waals surface area (Å²) in [5.41, 5.74) is 6.88. The first-order chi connectivity index (χ1) is 16.6. The molecule has 0 radical (unpaired) electrons. The number of pyridine rings is 1. The maximum atomic E-state index is 13.1. The number of allylic oxidation sites excluding steroid dienone is 1. The molecule has 1 atom stereocenters. The predicted octanol–water partition coefficient (Wildman–Crippen LogP) is 2.42. The van der Waals surface area contributed by atoms with Crippen molar-refractivity contribution in [2.24, 2.45) is 10.7 Å². The first kappa shape index (κ1) is 24.7. The molecule has 0 saturated carbocycles. The summed E-state index contributed by atoms with van der Waals surface area (Å²) in [6, 6.07) is 7.05. The zero-order chi connectivity index (χ0) is 25.3. The molecule has 3 heterocycles. The minimum Gasteiger partial charge on any atom is -0.384 e. The Bertz CT molecular complexity index is 1550. The van der Waals surface area contributed by atoms with Gasteiger partial charge in [0.1, 0.15) is 21.7 Å². The Morgan fingerprint density at radius 1 is 1.31 bits per heavy atom. The topological polar surface area (TPSA) is 161 Å². The highest BCUT2D eigenvalue weighted by atomic mass is 35.5. The minimum absolute atomic E-state index is 0.00318. The van der Waals surface area contributed by atoms with Gasteiger partial charge in [0.05, 0.1) is 27.5 Å². The van der Waals surface area contributed by atoms with E-state index < -0.39 is 16.1 Å². The van der Waals surface area contributed by atoms with E-state index in [1.165, 1.54) is 29.0 Å². The van der Waals surface area contributed by atoms with Gasteiger partial charge < -0.3 is 11.1 Å². The third-order valence-corrected chi connectivity index (χ3v) is 8.40. The molecule has 3 aromatic rings. The number of carbonyl (C=O) groups excluding carboxylic acids is 1. The van der Waals surface area contributed by atoms with Gasteiger partial charge in [0.2, 0.25) is 0 Å². The van der Waals surface area contributed by atoms with E-state index in [-0.39, 0.29) is 26.0 Å². The van der Waals surface area contributed by atoms with Gasteiger partial charge >= 0.3 is 6.03 Å². The van der Waals surface area contributed by atoms with Crippen LogP contribution in [-0.4, -0.2) is 46.6 Å². The molecule has 35 heavy (non-hydrogen) atoms. The first-order valence-corrected chi connectivity index (χ1v) is 13.0. The van der Waals surface area contributed by atoms with Crippen LogP contribution in [0.3, 0.4) is 0 Å². The number of amides is 2. The lowest BCUT2D eigenvalue weighted by Gasteiger charge is -2.12. The van der Waals surface area contributed by atoms with Crippen molar-refractivity contribution in [3.8, 4) is 5.82 Å². The Labute approximate surface area is 209 Å². The van der Waals surface area contributed by atoms with Gasteiger partial charge in [0.15, 0.2) is 0 Å². The number of aryl methyl sites for hydroxylation is 1. The molecule has 4 rings (SSSR count). The van der Waals surface area contributed by atoms with Gasteiger partial charge in [0, 0.05) is 12.6 Å². The summed E-state index contributed by atoms with van der Waals surface area (Å²) in [7, 11) is -2.44. The SMILES string of the molecule is CN=C(N)c1ccc2c(=O)n(-c3ccc(NC(=O)NS(=O)(=O)C4=CCC(Cl)S4)cn3)c(C)nc2c1. The van der Waals surface area contributed by atoms with Crippen LogP contribution in [0.5, 0.6) is 0 Å². The molecule has 0 bridgehead atoms. The van der Waals surface area contributed by atoms with Crippen molar-refractivity contribution >= 4 is 61.8 Å². The van der Waals surface area contributed by atoms with Crippen LogP contribution in [0.2, 0.25) is 0 Å². The molecule has 0 spiro atoms. The molecule has 0 saturated heterocycles. The third kappa shape index (κ3) is 5.16. The van der Waals surface area contributed by atoms with E-state index in [4.69, 9.17) is 17.3 Å². The van der Waals surface area contributed by atoms with E-state index in [2.05, 4.69) is 20.3 Å². The molecule has 182 valence electrons. The smallest absolute Gasteiger partial charge is 0.333 e. The number of nitrogens with zero attached hydrogens (tertiary/aromatic N) is 4. The number of alkyl halides is 1. The number of rotatable bonds is 5. The number of carbonyl (C=O) groups is 1. The number of anilines is 1. The van der Waals surface area contributed by atoms with Gasteiger partial charge in [-0.25, -0.2) is 32.5 Å². The van der Waals surface area contributed by atoms with E-state index >= 15 is 0 Å². The van der Waals surface area contributed by atoms with Gasteiger partial charge in [-0.15, -0.1) is 11.6 Å². The molecule has 0 fully saturated rings. The second-order valence-electron chi connectivity index (χ2n) is 7.39. The Balaban J connectivity index is 1.55. The Hall–Kier alpha value is -3.42. The van der Waals surface area contributed by atoms with Crippen molar-refractivity contribution < 1.29 is 13.2 Å². The van der Waals surface area contributed by atoms with E-state index in [0.29, 0.717) is 34.5 Å². The average Bonchev–Trinajstić information content (AvgIpc) is 3.26. The number of urea groups is 1. The second-order valence-corrected chi connectivity index (χ2v) is 11.3. The highest BCUT2D eigenvalue weighted by Gasteiger charge is 2.27. The van der Waals surface area contributed by atoms with Crippen molar-refractivity contribution in [3.05, 3.63) is 68.6 Å². The van der Waals surface area contributed by atoms with Crippen molar-refractivity contribution in [2.75, 3.05) is 12.4 Å². The summed E-state index contributed by atoms with van der Waals surface area (Å²) in [6.07, 6.45) is 3.15.